The SMILES string of the molecule is O=S1(=O)NC(=NCc2ccc(-c3cccnc3)cc2)c2ccccc21. The Bertz CT molecular complexity index is 1040. The summed E-state index contributed by atoms with van der Waals surface area (Å²) in [5, 5.41) is 0. The molecule has 0 amide bonds. The molecule has 6 heteroatoms. The van der Waals surface area contributed by atoms with E-state index in [1.54, 1.807) is 30.5 Å². The molecule has 0 saturated heterocycles. The normalized spacial score (nSPS) is 16.4. The Labute approximate surface area is 146 Å². The van der Waals surface area contributed by atoms with Crippen molar-refractivity contribution in [2.75, 3.05) is 0 Å². The number of fused-ring (bicyclic) bond motifs is 1. The van der Waals surface area contributed by atoms with E-state index in [0.29, 0.717) is 17.9 Å². The summed E-state index contributed by atoms with van der Waals surface area (Å²) in [5.74, 6) is 0.395. The Hall–Kier alpha value is -2.99. The zero-order valence-electron chi connectivity index (χ0n) is 13.3. The predicted octanol–water partition coefficient (Wildman–Crippen LogP) is 2.99. The van der Waals surface area contributed by atoms with E-state index >= 15 is 0 Å². The lowest BCUT2D eigenvalue weighted by Gasteiger charge is -2.03. The largest absolute Gasteiger partial charge is 0.264 e. The van der Waals surface area contributed by atoms with E-state index in [1.165, 1.54) is 0 Å². The topological polar surface area (TPSA) is 71.4 Å². The summed E-state index contributed by atoms with van der Waals surface area (Å²) < 4.78 is 26.7. The van der Waals surface area contributed by atoms with Gasteiger partial charge in [-0.1, -0.05) is 42.5 Å². The van der Waals surface area contributed by atoms with Gasteiger partial charge in [0.1, 0.15) is 5.84 Å². The fraction of sp³-hybridized carbons (Fsp3) is 0.0526. The highest BCUT2D eigenvalue weighted by Crippen LogP contribution is 2.23. The molecule has 0 atom stereocenters. The van der Waals surface area contributed by atoms with Crippen LogP contribution in [0, 0.1) is 0 Å². The highest BCUT2D eigenvalue weighted by Gasteiger charge is 2.29. The molecule has 0 radical (unpaired) electrons. The summed E-state index contributed by atoms with van der Waals surface area (Å²) in [6, 6.07) is 18.8. The number of nitrogens with one attached hydrogen (secondary N) is 1. The van der Waals surface area contributed by atoms with Crippen molar-refractivity contribution in [3.8, 4) is 11.1 Å². The molecule has 4 rings (SSSR count). The average Bonchev–Trinajstić information content (AvgIpc) is 2.92. The fourth-order valence-electron chi connectivity index (χ4n) is 2.76. The summed E-state index contributed by atoms with van der Waals surface area (Å²) in [5.41, 5.74) is 3.76. The lowest BCUT2D eigenvalue weighted by molar-refractivity contribution is 0.595. The Morgan fingerprint density at radius 2 is 1.72 bits per heavy atom. The Morgan fingerprint density at radius 3 is 2.48 bits per heavy atom. The van der Waals surface area contributed by atoms with E-state index < -0.39 is 10.0 Å². The van der Waals surface area contributed by atoms with Crippen LogP contribution in [0.2, 0.25) is 0 Å². The number of amidine groups is 1. The zero-order chi connectivity index (χ0) is 17.3. The van der Waals surface area contributed by atoms with Crippen LogP contribution in [0.15, 0.2) is 82.9 Å². The van der Waals surface area contributed by atoms with Gasteiger partial charge in [-0.2, -0.15) is 0 Å². The number of nitrogens with zero attached hydrogens (tertiary/aromatic N) is 2. The molecule has 124 valence electrons. The van der Waals surface area contributed by atoms with Crippen molar-refractivity contribution < 1.29 is 8.42 Å². The molecule has 0 fully saturated rings. The van der Waals surface area contributed by atoms with Crippen molar-refractivity contribution in [2.45, 2.75) is 11.4 Å². The van der Waals surface area contributed by atoms with Crippen LogP contribution in [0.25, 0.3) is 11.1 Å². The highest BCUT2D eigenvalue weighted by atomic mass is 32.2. The van der Waals surface area contributed by atoms with Gasteiger partial charge in [-0.25, -0.2) is 8.42 Å². The standard InChI is InChI=1S/C19H15N3O2S/c23-25(24)18-6-2-1-5-17(18)19(22-25)21-12-14-7-9-15(10-8-14)16-4-3-11-20-13-16/h1-11,13H,12H2,(H,21,22). The highest BCUT2D eigenvalue weighted by molar-refractivity contribution is 7.90. The smallest absolute Gasteiger partial charge is 0.263 e. The molecule has 0 aliphatic carbocycles. The number of pyridine rings is 1. The van der Waals surface area contributed by atoms with Crippen LogP contribution in [0.5, 0.6) is 0 Å². The molecule has 1 aromatic heterocycles. The molecule has 25 heavy (non-hydrogen) atoms. The molecule has 0 unspecified atom stereocenters. The first-order chi connectivity index (χ1) is 12.1. The predicted molar refractivity (Wildman–Crippen MR) is 96.7 cm³/mol. The van der Waals surface area contributed by atoms with Gasteiger partial charge in [-0.15, -0.1) is 0 Å². The molecular weight excluding hydrogens is 334 g/mol. The molecule has 1 N–H and O–H groups in total. The molecule has 1 aliphatic heterocycles. The third kappa shape index (κ3) is 3.04. The van der Waals surface area contributed by atoms with Gasteiger partial charge in [0.2, 0.25) is 0 Å². The number of aliphatic imine (C=N–C) groups is 1. The van der Waals surface area contributed by atoms with Crippen LogP contribution in [-0.2, 0) is 16.6 Å². The fourth-order valence-corrected chi connectivity index (χ4v) is 4.01. The van der Waals surface area contributed by atoms with E-state index in [-0.39, 0.29) is 4.90 Å². The number of benzene rings is 2. The summed E-state index contributed by atoms with van der Waals surface area (Å²) in [6.07, 6.45) is 3.56. The van der Waals surface area contributed by atoms with Gasteiger partial charge in [0, 0.05) is 18.0 Å². The molecule has 2 aromatic carbocycles. The maximum absolute atomic E-state index is 12.1. The van der Waals surface area contributed by atoms with Crippen molar-refractivity contribution >= 4 is 15.9 Å². The lowest BCUT2D eigenvalue weighted by Crippen LogP contribution is -2.22. The minimum absolute atomic E-state index is 0.278. The number of aromatic nitrogens is 1. The monoisotopic (exact) mass is 349 g/mol. The van der Waals surface area contributed by atoms with E-state index in [0.717, 1.165) is 16.7 Å². The van der Waals surface area contributed by atoms with Crippen molar-refractivity contribution in [1.82, 2.24) is 9.71 Å². The summed E-state index contributed by atoms with van der Waals surface area (Å²) >= 11 is 0. The quantitative estimate of drug-likeness (QED) is 0.790. The Morgan fingerprint density at radius 1 is 0.920 bits per heavy atom. The van der Waals surface area contributed by atoms with Gasteiger partial charge in [-0.3, -0.25) is 14.7 Å². The molecule has 0 spiro atoms. The van der Waals surface area contributed by atoms with Crippen LogP contribution in [0.1, 0.15) is 11.1 Å². The number of rotatable bonds is 3. The summed E-state index contributed by atoms with van der Waals surface area (Å²) in [6.45, 7) is 0.402. The maximum atomic E-state index is 12.1. The van der Waals surface area contributed by atoms with Crippen molar-refractivity contribution in [3.63, 3.8) is 0 Å². The Balaban J connectivity index is 1.57. The van der Waals surface area contributed by atoms with Gasteiger partial charge in [0.05, 0.1) is 11.4 Å². The minimum atomic E-state index is -3.49. The molecule has 2 heterocycles. The second kappa shape index (κ2) is 6.14. The number of hydrogen-bond acceptors (Lipinski definition) is 4. The summed E-state index contributed by atoms with van der Waals surface area (Å²) in [7, 11) is -3.49. The maximum Gasteiger partial charge on any atom is 0.263 e. The average molecular weight is 349 g/mol. The van der Waals surface area contributed by atoms with Gasteiger partial charge in [0.25, 0.3) is 10.0 Å². The molecule has 5 nitrogen and oxygen atoms in total. The van der Waals surface area contributed by atoms with Gasteiger partial charge >= 0.3 is 0 Å². The van der Waals surface area contributed by atoms with Crippen LogP contribution in [-0.4, -0.2) is 19.2 Å². The van der Waals surface area contributed by atoms with Crippen LogP contribution < -0.4 is 4.72 Å². The van der Waals surface area contributed by atoms with Crippen molar-refractivity contribution in [1.29, 1.82) is 0 Å². The van der Waals surface area contributed by atoms with Crippen molar-refractivity contribution in [3.05, 3.63) is 84.2 Å². The van der Waals surface area contributed by atoms with E-state index in [4.69, 9.17) is 0 Å². The van der Waals surface area contributed by atoms with Gasteiger partial charge < -0.3 is 0 Å². The van der Waals surface area contributed by atoms with E-state index in [2.05, 4.69) is 14.7 Å². The first-order valence-electron chi connectivity index (χ1n) is 7.79. The molecule has 0 saturated carbocycles. The molecule has 0 bridgehead atoms. The Kier molecular flexibility index (Phi) is 3.82. The summed E-state index contributed by atoms with van der Waals surface area (Å²) in [4.78, 5) is 8.85. The molecule has 1 aliphatic rings. The van der Waals surface area contributed by atoms with Crippen molar-refractivity contribution in [2.24, 2.45) is 4.99 Å². The van der Waals surface area contributed by atoms with Gasteiger partial charge in [-0.05, 0) is 34.9 Å². The second-order valence-electron chi connectivity index (χ2n) is 5.71. The third-order valence-corrected chi connectivity index (χ3v) is 5.43. The third-order valence-electron chi connectivity index (χ3n) is 4.03. The van der Waals surface area contributed by atoms with Crippen LogP contribution in [0.3, 0.4) is 0 Å². The second-order valence-corrected chi connectivity index (χ2v) is 7.36. The minimum Gasteiger partial charge on any atom is -0.264 e. The molecular formula is C19H15N3O2S. The van der Waals surface area contributed by atoms with E-state index in [9.17, 15) is 8.42 Å². The number of hydrogen-bond donors (Lipinski definition) is 1. The lowest BCUT2D eigenvalue weighted by atomic mass is 10.1. The zero-order valence-corrected chi connectivity index (χ0v) is 14.1. The molecule has 3 aromatic rings. The van der Waals surface area contributed by atoms with Crippen LogP contribution in [0.4, 0.5) is 0 Å². The first-order valence-corrected chi connectivity index (χ1v) is 9.28. The number of sulfonamides is 1. The van der Waals surface area contributed by atoms with Gasteiger partial charge in [0.15, 0.2) is 0 Å². The van der Waals surface area contributed by atoms with E-state index in [1.807, 2.05) is 42.6 Å². The first kappa shape index (κ1) is 15.5. The van der Waals surface area contributed by atoms with Crippen LogP contribution >= 0.6 is 0 Å².